The van der Waals surface area contributed by atoms with Crippen molar-refractivity contribution in [1.29, 1.82) is 0 Å². The van der Waals surface area contributed by atoms with E-state index in [4.69, 9.17) is 51.5 Å². The van der Waals surface area contributed by atoms with Gasteiger partial charge in [0.2, 0.25) is 0 Å². The molecule has 6 heteroatoms. The van der Waals surface area contributed by atoms with Crippen molar-refractivity contribution in [3.05, 3.63) is 34.3 Å². The first-order chi connectivity index (χ1) is 7.33. The van der Waals surface area contributed by atoms with Crippen LogP contribution in [0.3, 0.4) is 0 Å². The molecular formula is C10H8Cl4O2. The van der Waals surface area contributed by atoms with Gasteiger partial charge in [-0.1, -0.05) is 29.3 Å². The summed E-state index contributed by atoms with van der Waals surface area (Å²) in [5.41, 5.74) is 0. The third kappa shape index (κ3) is 4.38. The lowest BCUT2D eigenvalue weighted by atomic mass is 10.4. The Morgan fingerprint density at radius 3 is 1.88 bits per heavy atom. The largest absolute Gasteiger partial charge is 0.481 e. The summed E-state index contributed by atoms with van der Waals surface area (Å²) in [6.07, 6.45) is 0.380. The first-order valence-corrected chi connectivity index (χ1v) is 5.86. The van der Waals surface area contributed by atoms with E-state index < -0.39 is 16.2 Å². The molecule has 0 radical (unpaired) electrons. The zero-order valence-corrected chi connectivity index (χ0v) is 11.0. The molecule has 1 aromatic carbocycles. The van der Waals surface area contributed by atoms with Crippen molar-refractivity contribution in [1.82, 2.24) is 0 Å². The number of halogens is 4. The minimum atomic E-state index is -0.966. The molecule has 1 aliphatic carbocycles. The Labute approximate surface area is 113 Å². The quantitative estimate of drug-likeness (QED) is 0.787. The van der Waals surface area contributed by atoms with Crippen LogP contribution >= 0.6 is 46.4 Å². The van der Waals surface area contributed by atoms with E-state index in [-0.39, 0.29) is 0 Å². The second kappa shape index (κ2) is 5.46. The molecule has 0 spiro atoms. The molecule has 1 unspecified atom stereocenters. The molecule has 88 valence electrons. The molecule has 2 nitrogen and oxygen atoms in total. The smallest absolute Gasteiger partial charge is 0.309 e. The summed E-state index contributed by atoms with van der Waals surface area (Å²) in [5, 5.41) is 9.58. The number of hydrogen-bond donors (Lipinski definition) is 1. The zero-order chi connectivity index (χ0) is 12.3. The Hall–Kier alpha value is -0.150. The van der Waals surface area contributed by atoms with Crippen molar-refractivity contribution in [3.63, 3.8) is 0 Å². The molecule has 1 aliphatic rings. The highest BCUT2D eigenvalue weighted by atomic mass is 35.5. The van der Waals surface area contributed by atoms with Crippen LogP contribution in [0.25, 0.3) is 0 Å². The van der Waals surface area contributed by atoms with E-state index in [9.17, 15) is 4.79 Å². The molecule has 1 saturated carbocycles. The lowest BCUT2D eigenvalue weighted by Gasteiger charge is -1.88. The third-order valence-electron chi connectivity index (χ3n) is 1.91. The SMILES string of the molecule is Clc1cccc(Cl)c1.O=C(O)C1CC1(Cl)Cl. The maximum absolute atomic E-state index is 10.0. The Morgan fingerprint density at radius 1 is 1.31 bits per heavy atom. The Balaban J connectivity index is 0.000000160. The highest BCUT2D eigenvalue weighted by Crippen LogP contribution is 2.53. The molecule has 1 atom stereocenters. The summed E-state index contributed by atoms with van der Waals surface area (Å²) in [6.45, 7) is 0. The maximum atomic E-state index is 10.0. The van der Waals surface area contributed by atoms with Gasteiger partial charge in [0.25, 0.3) is 0 Å². The second-order valence-electron chi connectivity index (χ2n) is 3.30. The van der Waals surface area contributed by atoms with Gasteiger partial charge in [0.1, 0.15) is 4.33 Å². The van der Waals surface area contributed by atoms with Crippen LogP contribution in [0.2, 0.25) is 10.0 Å². The van der Waals surface area contributed by atoms with E-state index in [0.29, 0.717) is 16.5 Å². The van der Waals surface area contributed by atoms with Gasteiger partial charge in [-0.15, -0.1) is 23.2 Å². The molecule has 0 saturated heterocycles. The Kier molecular flexibility index (Phi) is 4.74. The fourth-order valence-corrected chi connectivity index (χ4v) is 1.87. The van der Waals surface area contributed by atoms with Crippen LogP contribution in [0.15, 0.2) is 24.3 Å². The van der Waals surface area contributed by atoms with Crippen LogP contribution in [0.1, 0.15) is 6.42 Å². The minimum absolute atomic E-state index is 0.380. The number of carboxylic acid groups (broad SMARTS) is 1. The van der Waals surface area contributed by atoms with Gasteiger partial charge >= 0.3 is 5.97 Å². The third-order valence-corrected chi connectivity index (χ3v) is 3.22. The van der Waals surface area contributed by atoms with Crippen LogP contribution in [-0.2, 0) is 4.79 Å². The van der Waals surface area contributed by atoms with Gasteiger partial charge in [-0.2, -0.15) is 0 Å². The van der Waals surface area contributed by atoms with Gasteiger partial charge in [-0.05, 0) is 24.6 Å². The Bertz CT molecular complexity index is 375. The lowest BCUT2D eigenvalue weighted by molar-refractivity contribution is -0.138. The van der Waals surface area contributed by atoms with Gasteiger partial charge in [0, 0.05) is 10.0 Å². The molecule has 0 aromatic heterocycles. The van der Waals surface area contributed by atoms with Crippen molar-refractivity contribution < 1.29 is 9.90 Å². The van der Waals surface area contributed by atoms with E-state index in [1.165, 1.54) is 0 Å². The van der Waals surface area contributed by atoms with Crippen LogP contribution in [0.4, 0.5) is 0 Å². The fourth-order valence-electron chi connectivity index (χ4n) is 0.941. The molecule has 0 heterocycles. The number of aliphatic carboxylic acids is 1. The topological polar surface area (TPSA) is 37.3 Å². The van der Waals surface area contributed by atoms with Crippen molar-refractivity contribution in [2.75, 3.05) is 0 Å². The first kappa shape index (κ1) is 13.9. The molecular weight excluding hydrogens is 294 g/mol. The van der Waals surface area contributed by atoms with Gasteiger partial charge in [0.05, 0.1) is 5.92 Å². The molecule has 1 aromatic rings. The zero-order valence-electron chi connectivity index (χ0n) is 7.96. The normalized spacial score (nSPS) is 20.6. The van der Waals surface area contributed by atoms with Crippen LogP contribution in [-0.4, -0.2) is 15.4 Å². The molecule has 1 N–H and O–H groups in total. The molecule has 16 heavy (non-hydrogen) atoms. The van der Waals surface area contributed by atoms with E-state index in [1.54, 1.807) is 18.2 Å². The van der Waals surface area contributed by atoms with Gasteiger partial charge in [0.15, 0.2) is 0 Å². The number of rotatable bonds is 1. The van der Waals surface area contributed by atoms with Gasteiger partial charge in [-0.25, -0.2) is 0 Å². The minimum Gasteiger partial charge on any atom is -0.481 e. The van der Waals surface area contributed by atoms with E-state index in [1.807, 2.05) is 6.07 Å². The van der Waals surface area contributed by atoms with Crippen LogP contribution in [0, 0.1) is 5.92 Å². The molecule has 1 fully saturated rings. The fraction of sp³-hybridized carbons (Fsp3) is 0.300. The number of carboxylic acids is 1. The van der Waals surface area contributed by atoms with E-state index in [0.717, 1.165) is 0 Å². The number of alkyl halides is 2. The summed E-state index contributed by atoms with van der Waals surface area (Å²) < 4.78 is -0.966. The standard InChI is InChI=1S/C6H4Cl2.C4H4Cl2O2/c7-5-2-1-3-6(8)4-5;5-4(6)1-2(4)3(7)8/h1-4H;2H,1H2,(H,7,8). The van der Waals surface area contributed by atoms with Crippen LogP contribution < -0.4 is 0 Å². The molecule has 2 rings (SSSR count). The van der Waals surface area contributed by atoms with Crippen molar-refractivity contribution >= 4 is 52.4 Å². The average Bonchev–Trinajstić information content (AvgIpc) is 2.76. The molecule has 0 aliphatic heterocycles. The van der Waals surface area contributed by atoms with Crippen LogP contribution in [0.5, 0.6) is 0 Å². The second-order valence-corrected chi connectivity index (χ2v) is 5.71. The van der Waals surface area contributed by atoms with Crippen molar-refractivity contribution in [2.24, 2.45) is 5.92 Å². The highest BCUT2D eigenvalue weighted by Gasteiger charge is 2.56. The Morgan fingerprint density at radius 2 is 1.75 bits per heavy atom. The highest BCUT2D eigenvalue weighted by molar-refractivity contribution is 6.52. The van der Waals surface area contributed by atoms with E-state index in [2.05, 4.69) is 0 Å². The summed E-state index contributed by atoms with van der Waals surface area (Å²) >= 11 is 21.9. The summed E-state index contributed by atoms with van der Waals surface area (Å²) in [6, 6.07) is 7.08. The first-order valence-electron chi connectivity index (χ1n) is 4.34. The summed E-state index contributed by atoms with van der Waals surface area (Å²) in [4.78, 5) is 10.0. The summed E-state index contributed by atoms with van der Waals surface area (Å²) in [5.74, 6) is -1.44. The maximum Gasteiger partial charge on any atom is 0.309 e. The van der Waals surface area contributed by atoms with Crippen molar-refractivity contribution in [2.45, 2.75) is 10.8 Å². The monoisotopic (exact) mass is 300 g/mol. The number of hydrogen-bond acceptors (Lipinski definition) is 1. The average molecular weight is 302 g/mol. The van der Waals surface area contributed by atoms with Crippen molar-refractivity contribution in [3.8, 4) is 0 Å². The molecule has 0 amide bonds. The van der Waals surface area contributed by atoms with Gasteiger partial charge in [-0.3, -0.25) is 4.79 Å². The predicted molar refractivity (Wildman–Crippen MR) is 66.6 cm³/mol. The summed E-state index contributed by atoms with van der Waals surface area (Å²) in [7, 11) is 0. The van der Waals surface area contributed by atoms with E-state index >= 15 is 0 Å². The number of carbonyl (C=O) groups is 1. The lowest BCUT2D eigenvalue weighted by Crippen LogP contribution is -2.03. The van der Waals surface area contributed by atoms with Gasteiger partial charge < -0.3 is 5.11 Å². The molecule has 0 bridgehead atoms. The number of benzene rings is 1. The predicted octanol–water partition coefficient (Wildman–Crippen LogP) is 4.26.